The molecule has 0 aliphatic carbocycles. The summed E-state index contributed by atoms with van der Waals surface area (Å²) in [6.45, 7) is 3.26. The zero-order valence-electron chi connectivity index (χ0n) is 2.69. The average molecular weight is 55.9 g/mol. The Hall–Kier alpha value is -0.265. The van der Waals surface area contributed by atoms with Gasteiger partial charge in [-0.05, 0) is 0 Å². The molecule has 0 aromatic rings. The van der Waals surface area contributed by atoms with Gasteiger partial charge in [0.2, 0.25) is 0 Å². The molecule has 4 heavy (non-hydrogen) atoms. The first kappa shape index (κ1) is 3.73. The van der Waals surface area contributed by atoms with E-state index in [0.717, 1.165) is 0 Å². The molecule has 0 aliphatic rings. The summed E-state index contributed by atoms with van der Waals surface area (Å²) in [5, 5.41) is 0. The minimum atomic E-state index is 1.38. The molecule has 0 spiro atoms. The Morgan fingerprint density at radius 2 is 2.25 bits per heavy atom. The third-order valence-electron chi connectivity index (χ3n) is 0.167. The van der Waals surface area contributed by atoms with E-state index in [9.17, 15) is 0 Å². The van der Waals surface area contributed by atoms with E-state index in [-0.39, 0.29) is 0 Å². The predicted molar refractivity (Wildman–Crippen MR) is 19.9 cm³/mol. The van der Waals surface area contributed by atoms with Crippen molar-refractivity contribution in [3.05, 3.63) is 0 Å². The van der Waals surface area contributed by atoms with Gasteiger partial charge in [0.15, 0.2) is 0 Å². The molecule has 0 bridgehead atoms. The number of hydrogen-bond acceptors (Lipinski definition) is 1. The molecule has 0 fully saturated rings. The van der Waals surface area contributed by atoms with Crippen molar-refractivity contribution in [1.29, 1.82) is 0 Å². The van der Waals surface area contributed by atoms with Crippen molar-refractivity contribution in [3.8, 4) is 0 Å². The Bertz CT molecular complexity index is 20.0. The molecular formula is C2H5BO. The Balaban J connectivity index is 2.30. The molecule has 0 atom stereocenters. The van der Waals surface area contributed by atoms with E-state index in [0.29, 0.717) is 0 Å². The standard InChI is InChI=1S/C2H5BO/c1-3-4-2/h1H2,2H3. The first-order valence-corrected chi connectivity index (χ1v) is 1.05. The fraction of sp³-hybridized carbons (Fsp3) is 0.500. The van der Waals surface area contributed by atoms with Crippen LogP contribution in [0.25, 0.3) is 0 Å². The van der Waals surface area contributed by atoms with Crippen LogP contribution in [0.2, 0.25) is 0 Å². The molecule has 0 aromatic carbocycles. The molecule has 0 radical (unpaired) electrons. The fourth-order valence-electron chi connectivity index (χ4n) is 0. The SMILES string of the molecule is C=BOC. The molecule has 0 saturated carbocycles. The van der Waals surface area contributed by atoms with Crippen LogP contribution in [-0.4, -0.2) is 20.7 Å². The van der Waals surface area contributed by atoms with Crippen molar-refractivity contribution >= 4 is 13.6 Å². The van der Waals surface area contributed by atoms with E-state index in [1.54, 1.807) is 7.11 Å². The summed E-state index contributed by atoms with van der Waals surface area (Å²) in [6, 6.07) is 0. The monoisotopic (exact) mass is 56.0 g/mol. The van der Waals surface area contributed by atoms with Crippen LogP contribution in [0.4, 0.5) is 0 Å². The van der Waals surface area contributed by atoms with Crippen molar-refractivity contribution in [2.75, 3.05) is 7.11 Å². The zero-order chi connectivity index (χ0) is 3.41. The Labute approximate surface area is 26.5 Å². The van der Waals surface area contributed by atoms with E-state index in [1.165, 1.54) is 7.12 Å². The molecule has 0 heterocycles. The van der Waals surface area contributed by atoms with Crippen molar-refractivity contribution in [3.63, 3.8) is 0 Å². The quantitative estimate of drug-likeness (QED) is 0.374. The maximum absolute atomic E-state index is 4.31. The second-order valence-corrected chi connectivity index (χ2v) is 0.402. The summed E-state index contributed by atoms with van der Waals surface area (Å²) in [4.78, 5) is 0. The van der Waals surface area contributed by atoms with Crippen molar-refractivity contribution in [2.45, 2.75) is 0 Å². The zero-order valence-corrected chi connectivity index (χ0v) is 2.69. The molecule has 0 unspecified atom stereocenters. The van der Waals surface area contributed by atoms with Crippen LogP contribution in [0.5, 0.6) is 0 Å². The van der Waals surface area contributed by atoms with E-state index in [4.69, 9.17) is 0 Å². The van der Waals surface area contributed by atoms with Crippen LogP contribution >= 0.6 is 0 Å². The molecule has 2 heteroatoms. The summed E-state index contributed by atoms with van der Waals surface area (Å²) >= 11 is 0. The van der Waals surface area contributed by atoms with Crippen molar-refractivity contribution in [2.24, 2.45) is 0 Å². The molecular weight excluding hydrogens is 50.8 g/mol. The van der Waals surface area contributed by atoms with E-state index >= 15 is 0 Å². The molecule has 0 rings (SSSR count). The second-order valence-electron chi connectivity index (χ2n) is 0.402. The number of hydrogen-bond donors (Lipinski definition) is 0. The first-order chi connectivity index (χ1) is 1.91. The fourth-order valence-corrected chi connectivity index (χ4v) is 0. The summed E-state index contributed by atoms with van der Waals surface area (Å²) in [5.41, 5.74) is 0. The van der Waals surface area contributed by atoms with Gasteiger partial charge >= 0.3 is 25.4 Å². The molecule has 0 amide bonds. The Kier molecular flexibility index (Phi) is 2.55. The van der Waals surface area contributed by atoms with Gasteiger partial charge in [0.25, 0.3) is 0 Å². The predicted octanol–water partition coefficient (Wildman–Crippen LogP) is -0.316. The van der Waals surface area contributed by atoms with Gasteiger partial charge in [-0.15, -0.1) is 0 Å². The summed E-state index contributed by atoms with van der Waals surface area (Å²) < 4.78 is 4.31. The molecule has 22 valence electrons. The van der Waals surface area contributed by atoms with E-state index in [2.05, 4.69) is 11.1 Å². The molecule has 0 N–H and O–H groups in total. The normalized spacial score (nSPS) is 4.25. The van der Waals surface area contributed by atoms with Crippen LogP contribution in [0.3, 0.4) is 0 Å². The molecule has 0 aliphatic heterocycles. The van der Waals surface area contributed by atoms with Gasteiger partial charge in [-0.2, -0.15) is 0 Å². The van der Waals surface area contributed by atoms with Crippen LogP contribution in [0.1, 0.15) is 0 Å². The van der Waals surface area contributed by atoms with Gasteiger partial charge in [-0.25, -0.2) is 0 Å². The second kappa shape index (κ2) is 2.73. The minimum absolute atomic E-state index is 1.38. The third-order valence-corrected chi connectivity index (χ3v) is 0.167. The molecule has 0 saturated heterocycles. The van der Waals surface area contributed by atoms with Crippen molar-refractivity contribution in [1.82, 2.24) is 0 Å². The summed E-state index contributed by atoms with van der Waals surface area (Å²) in [6.07, 6.45) is 0. The van der Waals surface area contributed by atoms with Crippen LogP contribution < -0.4 is 0 Å². The van der Waals surface area contributed by atoms with Crippen LogP contribution in [0, 0.1) is 0 Å². The average Bonchev–Trinajstić information content (AvgIpc) is 1.37. The third kappa shape index (κ3) is 1.73. The Morgan fingerprint density at radius 3 is 2.25 bits per heavy atom. The van der Waals surface area contributed by atoms with E-state index < -0.39 is 0 Å². The number of rotatable bonds is 1. The van der Waals surface area contributed by atoms with Gasteiger partial charge in [0, 0.05) is 0 Å². The first-order valence-electron chi connectivity index (χ1n) is 1.05. The van der Waals surface area contributed by atoms with E-state index in [1.807, 2.05) is 0 Å². The van der Waals surface area contributed by atoms with Crippen LogP contribution in [-0.2, 0) is 4.65 Å². The van der Waals surface area contributed by atoms with Gasteiger partial charge in [-0.3, -0.25) is 0 Å². The maximum atomic E-state index is 4.31. The van der Waals surface area contributed by atoms with Gasteiger partial charge in [0.1, 0.15) is 0 Å². The summed E-state index contributed by atoms with van der Waals surface area (Å²) in [5.74, 6) is 0. The van der Waals surface area contributed by atoms with Gasteiger partial charge in [-0.1, -0.05) is 0 Å². The molecule has 1 nitrogen and oxygen atoms in total. The van der Waals surface area contributed by atoms with Crippen LogP contribution in [0.15, 0.2) is 0 Å². The summed E-state index contributed by atoms with van der Waals surface area (Å²) in [7, 11) is 2.94. The van der Waals surface area contributed by atoms with Gasteiger partial charge in [0.05, 0.1) is 0 Å². The van der Waals surface area contributed by atoms with Gasteiger partial charge < -0.3 is 0 Å². The van der Waals surface area contributed by atoms with Crippen molar-refractivity contribution < 1.29 is 4.65 Å². The topological polar surface area (TPSA) is 9.23 Å². The Morgan fingerprint density at radius 1 is 2.00 bits per heavy atom. The molecule has 0 aromatic heterocycles.